The summed E-state index contributed by atoms with van der Waals surface area (Å²) in [6.07, 6.45) is 3.76. The van der Waals surface area contributed by atoms with Crippen molar-refractivity contribution < 1.29 is 19.4 Å². The molecule has 27 heavy (non-hydrogen) atoms. The van der Waals surface area contributed by atoms with Crippen molar-refractivity contribution in [2.75, 3.05) is 20.3 Å². The largest absolute Gasteiger partial charge is 0.507 e. The number of likely N-dealkylation sites (tertiary alicyclic amines) is 1. The molecule has 1 amide bonds. The Hall–Kier alpha value is -2.70. The Kier molecular flexibility index (Phi) is 5.88. The van der Waals surface area contributed by atoms with Crippen LogP contribution in [0.1, 0.15) is 23.6 Å². The molecule has 1 aromatic heterocycles. The highest BCUT2D eigenvalue weighted by Crippen LogP contribution is 2.39. The quantitative estimate of drug-likeness (QED) is 0.357. The molecule has 1 unspecified atom stereocenters. The van der Waals surface area contributed by atoms with Gasteiger partial charge in [0, 0.05) is 43.2 Å². The van der Waals surface area contributed by atoms with E-state index in [0.717, 1.165) is 0 Å². The molecule has 1 atom stereocenters. The van der Waals surface area contributed by atoms with Gasteiger partial charge < -0.3 is 14.7 Å². The predicted molar refractivity (Wildman–Crippen MR) is 101 cm³/mol. The molecule has 0 radical (unpaired) electrons. The molecule has 0 spiro atoms. The van der Waals surface area contributed by atoms with Gasteiger partial charge in [-0.15, -0.1) is 0 Å². The molecule has 1 aliphatic rings. The number of Topliss-reactive ketones (excluding diaryl/α,β-unsaturated/α-hetero) is 1. The number of benzene rings is 1. The number of hydrogen-bond acceptors (Lipinski definition) is 5. The first kappa shape index (κ1) is 19.1. The number of rotatable bonds is 6. The van der Waals surface area contributed by atoms with Crippen molar-refractivity contribution in [1.29, 1.82) is 0 Å². The third-order valence-corrected chi connectivity index (χ3v) is 4.68. The van der Waals surface area contributed by atoms with Crippen molar-refractivity contribution in [3.05, 3.63) is 70.5 Å². The first-order valence-electron chi connectivity index (χ1n) is 8.47. The van der Waals surface area contributed by atoms with Crippen LogP contribution in [0.25, 0.3) is 5.76 Å². The van der Waals surface area contributed by atoms with Crippen LogP contribution in [0.2, 0.25) is 5.02 Å². The zero-order valence-electron chi connectivity index (χ0n) is 14.8. The molecule has 0 aliphatic carbocycles. The summed E-state index contributed by atoms with van der Waals surface area (Å²) in [5.74, 6) is -1.56. The van der Waals surface area contributed by atoms with Crippen molar-refractivity contribution >= 4 is 29.1 Å². The maximum Gasteiger partial charge on any atom is 0.295 e. The van der Waals surface area contributed by atoms with Crippen LogP contribution >= 0.6 is 11.6 Å². The third kappa shape index (κ3) is 3.86. The van der Waals surface area contributed by atoms with Crippen LogP contribution in [-0.4, -0.2) is 46.9 Å². The van der Waals surface area contributed by atoms with E-state index < -0.39 is 17.7 Å². The van der Waals surface area contributed by atoms with Crippen LogP contribution in [-0.2, 0) is 14.3 Å². The molecule has 1 fully saturated rings. The Morgan fingerprint density at radius 1 is 1.19 bits per heavy atom. The van der Waals surface area contributed by atoms with Crippen LogP contribution in [0.3, 0.4) is 0 Å². The Morgan fingerprint density at radius 2 is 1.85 bits per heavy atom. The highest BCUT2D eigenvalue weighted by Gasteiger charge is 2.45. The van der Waals surface area contributed by atoms with Gasteiger partial charge in [0.15, 0.2) is 0 Å². The van der Waals surface area contributed by atoms with Crippen molar-refractivity contribution in [2.45, 2.75) is 12.5 Å². The molecule has 140 valence electrons. The number of aliphatic hydroxyl groups is 1. The number of amides is 1. The molecule has 6 nitrogen and oxygen atoms in total. The molecule has 2 heterocycles. The van der Waals surface area contributed by atoms with Crippen LogP contribution < -0.4 is 0 Å². The van der Waals surface area contributed by atoms with Crippen LogP contribution in [0.4, 0.5) is 0 Å². The summed E-state index contributed by atoms with van der Waals surface area (Å²) in [4.78, 5) is 30.8. The van der Waals surface area contributed by atoms with E-state index in [-0.39, 0.29) is 11.3 Å². The second-order valence-electron chi connectivity index (χ2n) is 6.13. The molecule has 3 rings (SSSR count). The van der Waals surface area contributed by atoms with Gasteiger partial charge in [-0.25, -0.2) is 0 Å². The summed E-state index contributed by atoms with van der Waals surface area (Å²) in [5, 5.41) is 11.3. The summed E-state index contributed by atoms with van der Waals surface area (Å²) >= 11 is 5.90. The number of ketones is 1. The third-order valence-electron chi connectivity index (χ3n) is 4.43. The summed E-state index contributed by atoms with van der Waals surface area (Å²) in [6, 6.07) is 9.24. The number of halogens is 1. The minimum atomic E-state index is -0.707. The van der Waals surface area contributed by atoms with Gasteiger partial charge in [-0.3, -0.25) is 14.6 Å². The first-order valence-corrected chi connectivity index (χ1v) is 8.85. The van der Waals surface area contributed by atoms with E-state index in [1.54, 1.807) is 55.9 Å². The number of ether oxygens (including phenoxy) is 1. The normalized spacial score (nSPS) is 18.9. The molecule has 0 bridgehead atoms. The molecule has 0 saturated carbocycles. The number of hydrogen-bond donors (Lipinski definition) is 1. The maximum atomic E-state index is 12.7. The van der Waals surface area contributed by atoms with Crippen molar-refractivity contribution in [3.8, 4) is 0 Å². The number of aromatic nitrogens is 1. The fourth-order valence-corrected chi connectivity index (χ4v) is 3.27. The maximum absolute atomic E-state index is 12.7. The summed E-state index contributed by atoms with van der Waals surface area (Å²) in [6.45, 7) is 0.798. The molecule has 1 saturated heterocycles. The molecule has 7 heteroatoms. The number of methoxy groups -OCH3 is 1. The Bertz CT molecular complexity index is 865. The molecule has 1 aliphatic heterocycles. The summed E-state index contributed by atoms with van der Waals surface area (Å²) in [7, 11) is 1.58. The van der Waals surface area contributed by atoms with Gasteiger partial charge in [-0.2, -0.15) is 0 Å². The Labute approximate surface area is 162 Å². The lowest BCUT2D eigenvalue weighted by Gasteiger charge is -2.25. The highest BCUT2D eigenvalue weighted by molar-refractivity contribution is 6.46. The minimum absolute atomic E-state index is 0.0611. The van der Waals surface area contributed by atoms with Crippen molar-refractivity contribution in [1.82, 2.24) is 9.88 Å². The van der Waals surface area contributed by atoms with E-state index in [9.17, 15) is 14.7 Å². The van der Waals surface area contributed by atoms with E-state index >= 15 is 0 Å². The number of carbonyl (C=O) groups is 2. The van der Waals surface area contributed by atoms with Crippen LogP contribution in [0, 0.1) is 0 Å². The van der Waals surface area contributed by atoms with Gasteiger partial charge in [0.25, 0.3) is 11.7 Å². The van der Waals surface area contributed by atoms with Crippen LogP contribution in [0.5, 0.6) is 0 Å². The lowest BCUT2D eigenvalue weighted by molar-refractivity contribution is -0.140. The van der Waals surface area contributed by atoms with Gasteiger partial charge in [0.05, 0.1) is 11.6 Å². The second-order valence-corrected chi connectivity index (χ2v) is 6.56. The second kappa shape index (κ2) is 8.33. The Balaban J connectivity index is 2.09. The Morgan fingerprint density at radius 3 is 2.48 bits per heavy atom. The van der Waals surface area contributed by atoms with E-state index in [1.807, 2.05) is 0 Å². The molecule has 1 N–H and O–H groups in total. The first-order chi connectivity index (χ1) is 13.0. The van der Waals surface area contributed by atoms with Gasteiger partial charge >= 0.3 is 0 Å². The van der Waals surface area contributed by atoms with Crippen molar-refractivity contribution in [2.24, 2.45) is 0 Å². The number of aliphatic hydroxyl groups excluding tert-OH is 1. The van der Waals surface area contributed by atoms with E-state index in [4.69, 9.17) is 16.3 Å². The molecule has 2 aromatic rings. The van der Waals surface area contributed by atoms with Crippen LogP contribution in [0.15, 0.2) is 54.4 Å². The lowest BCUT2D eigenvalue weighted by atomic mass is 9.96. The minimum Gasteiger partial charge on any atom is -0.507 e. The SMILES string of the molecule is COCCCN1C(=O)C(=O)/C(=C(\O)c2ccc(Cl)cc2)C1c1ccncc1. The van der Waals surface area contributed by atoms with Gasteiger partial charge in [0.1, 0.15) is 5.76 Å². The molecular formula is C20H19ClN2O4. The number of nitrogens with zero attached hydrogens (tertiary/aromatic N) is 2. The van der Waals surface area contributed by atoms with Gasteiger partial charge in [-0.1, -0.05) is 11.6 Å². The standard InChI is InChI=1S/C20H19ClN2O4/c1-27-12-2-11-23-17(13-7-9-22-10-8-13)16(19(25)20(23)26)18(24)14-3-5-15(21)6-4-14/h3-10,17,24H,2,11-12H2,1H3/b18-16-. The predicted octanol–water partition coefficient (Wildman–Crippen LogP) is 3.19. The average molecular weight is 387 g/mol. The molecular weight excluding hydrogens is 368 g/mol. The summed E-state index contributed by atoms with van der Waals surface area (Å²) < 4.78 is 5.05. The van der Waals surface area contributed by atoms with Gasteiger partial charge in [0.2, 0.25) is 0 Å². The smallest absolute Gasteiger partial charge is 0.295 e. The van der Waals surface area contributed by atoms with Gasteiger partial charge in [-0.05, 0) is 48.4 Å². The monoisotopic (exact) mass is 386 g/mol. The highest BCUT2D eigenvalue weighted by atomic mass is 35.5. The fraction of sp³-hybridized carbons (Fsp3) is 0.250. The summed E-state index contributed by atoms with van der Waals surface area (Å²) in [5.41, 5.74) is 1.19. The zero-order chi connectivity index (χ0) is 19.4. The molecule has 1 aromatic carbocycles. The number of pyridine rings is 1. The van der Waals surface area contributed by atoms with E-state index in [2.05, 4.69) is 4.98 Å². The topological polar surface area (TPSA) is 79.7 Å². The lowest BCUT2D eigenvalue weighted by Crippen LogP contribution is -2.31. The van der Waals surface area contributed by atoms with E-state index in [0.29, 0.717) is 35.7 Å². The average Bonchev–Trinajstić information content (AvgIpc) is 2.94. The zero-order valence-corrected chi connectivity index (χ0v) is 15.5. The fourth-order valence-electron chi connectivity index (χ4n) is 3.15. The number of carbonyl (C=O) groups excluding carboxylic acids is 2. The van der Waals surface area contributed by atoms with E-state index in [1.165, 1.54) is 4.90 Å². The van der Waals surface area contributed by atoms with Crippen molar-refractivity contribution in [3.63, 3.8) is 0 Å².